The van der Waals surface area contributed by atoms with Gasteiger partial charge in [-0.15, -0.1) is 0 Å². The second-order valence-corrected chi connectivity index (χ2v) is 10.3. The molecule has 3 aliphatic rings. The largest absolute Gasteiger partial charge is 0.354 e. The number of aromatic nitrogens is 2. The number of carbonyl (C=O) groups is 1. The van der Waals surface area contributed by atoms with E-state index in [2.05, 4.69) is 10.4 Å². The van der Waals surface area contributed by atoms with Crippen LogP contribution in [0, 0.1) is 11.3 Å². The van der Waals surface area contributed by atoms with Gasteiger partial charge in [0.1, 0.15) is 5.69 Å². The Morgan fingerprint density at radius 1 is 1.35 bits per heavy atom. The van der Waals surface area contributed by atoms with Crippen LogP contribution < -0.4 is 5.32 Å². The summed E-state index contributed by atoms with van der Waals surface area (Å²) in [6, 6.07) is 1.68. The lowest BCUT2D eigenvalue weighted by Crippen LogP contribution is -2.44. The highest BCUT2D eigenvalue weighted by Gasteiger charge is 2.48. The number of nitrogens with one attached hydrogen (secondary N) is 1. The van der Waals surface area contributed by atoms with Gasteiger partial charge in [0.15, 0.2) is 0 Å². The molecule has 8 heteroatoms. The average molecular weight is 381 g/mol. The summed E-state index contributed by atoms with van der Waals surface area (Å²) in [5.74, 6) is 0.845. The number of hydrogen-bond acceptors (Lipinski definition) is 4. The summed E-state index contributed by atoms with van der Waals surface area (Å²) < 4.78 is 29.6. The van der Waals surface area contributed by atoms with Gasteiger partial charge in [0.2, 0.25) is 10.0 Å². The van der Waals surface area contributed by atoms with E-state index in [0.717, 1.165) is 38.0 Å². The predicted molar refractivity (Wildman–Crippen MR) is 98.3 cm³/mol. The number of rotatable bonds is 5. The van der Waals surface area contributed by atoms with Crippen molar-refractivity contribution in [2.24, 2.45) is 11.3 Å². The van der Waals surface area contributed by atoms with Crippen molar-refractivity contribution in [1.82, 2.24) is 19.4 Å². The Hall–Kier alpha value is -1.41. The molecule has 2 saturated carbocycles. The molecule has 3 fully saturated rings. The fourth-order valence-electron chi connectivity index (χ4n) is 5.17. The molecular formula is C18H28N4O3S. The number of hydrogen-bond donors (Lipinski definition) is 1. The molecule has 1 N–H and O–H groups in total. The van der Waals surface area contributed by atoms with Gasteiger partial charge in [-0.25, -0.2) is 8.42 Å². The van der Waals surface area contributed by atoms with Crippen LogP contribution in [0.3, 0.4) is 0 Å². The van der Waals surface area contributed by atoms with Crippen LogP contribution in [0.15, 0.2) is 12.3 Å². The molecule has 1 aliphatic heterocycles. The number of piperidine rings is 1. The lowest BCUT2D eigenvalue weighted by molar-refractivity contribution is 0.0956. The second kappa shape index (κ2) is 6.64. The molecule has 7 nitrogen and oxygen atoms in total. The molecule has 1 saturated heterocycles. The Balaban J connectivity index is 1.46. The first kappa shape index (κ1) is 18.0. The maximum Gasteiger partial charge on any atom is 0.271 e. The van der Waals surface area contributed by atoms with Gasteiger partial charge in [-0.1, -0.05) is 0 Å². The molecule has 1 aromatic heterocycles. The van der Waals surface area contributed by atoms with E-state index in [4.69, 9.17) is 0 Å². The van der Waals surface area contributed by atoms with E-state index < -0.39 is 10.0 Å². The van der Waals surface area contributed by atoms with Gasteiger partial charge in [0, 0.05) is 26.3 Å². The van der Waals surface area contributed by atoms with Gasteiger partial charge < -0.3 is 5.32 Å². The van der Waals surface area contributed by atoms with Crippen LogP contribution in [0.2, 0.25) is 0 Å². The van der Waals surface area contributed by atoms with E-state index in [0.29, 0.717) is 24.5 Å². The fraction of sp³-hybridized carbons (Fsp3) is 0.778. The minimum absolute atomic E-state index is 0.00524. The van der Waals surface area contributed by atoms with E-state index >= 15 is 0 Å². The molecule has 1 aromatic rings. The Kier molecular flexibility index (Phi) is 4.59. The molecule has 0 aromatic carbocycles. The Bertz CT molecular complexity index is 780. The molecule has 0 spiro atoms. The molecule has 2 aliphatic carbocycles. The summed E-state index contributed by atoms with van der Waals surface area (Å²) in [6.45, 7) is 1.05. The van der Waals surface area contributed by atoms with Crippen molar-refractivity contribution >= 4 is 15.9 Å². The Morgan fingerprint density at radius 2 is 2.12 bits per heavy atom. The van der Waals surface area contributed by atoms with Crippen LogP contribution in [-0.2, 0) is 10.0 Å². The van der Waals surface area contributed by atoms with E-state index in [1.165, 1.54) is 12.8 Å². The molecule has 0 radical (unpaired) electrons. The van der Waals surface area contributed by atoms with Crippen LogP contribution in [0.25, 0.3) is 0 Å². The van der Waals surface area contributed by atoms with Crippen molar-refractivity contribution in [3.63, 3.8) is 0 Å². The second-order valence-electron chi connectivity index (χ2n) is 8.32. The molecular weight excluding hydrogens is 352 g/mol. The molecule has 2 heterocycles. The highest BCUT2D eigenvalue weighted by atomic mass is 32.2. The predicted octanol–water partition coefficient (Wildman–Crippen LogP) is 1.79. The molecule has 2 bridgehead atoms. The van der Waals surface area contributed by atoms with Crippen molar-refractivity contribution < 1.29 is 13.2 Å². The van der Waals surface area contributed by atoms with Crippen molar-refractivity contribution in [3.8, 4) is 0 Å². The molecule has 1 amide bonds. The smallest absolute Gasteiger partial charge is 0.271 e. The minimum atomic E-state index is -3.25. The van der Waals surface area contributed by atoms with Gasteiger partial charge in [0.05, 0.1) is 11.8 Å². The first-order valence-corrected chi connectivity index (χ1v) is 11.3. The average Bonchev–Trinajstić information content (AvgIpc) is 3.36. The summed E-state index contributed by atoms with van der Waals surface area (Å²) >= 11 is 0. The van der Waals surface area contributed by atoms with Crippen molar-refractivity contribution in [2.75, 3.05) is 25.9 Å². The van der Waals surface area contributed by atoms with E-state index in [1.54, 1.807) is 28.3 Å². The summed E-state index contributed by atoms with van der Waals surface area (Å²) in [4.78, 5) is 11.7. The van der Waals surface area contributed by atoms with E-state index in [-0.39, 0.29) is 17.4 Å². The number of nitrogens with zero attached hydrogens (tertiary/aromatic N) is 3. The number of fused-ring (bicyclic) bond motifs is 2. The normalized spacial score (nSPS) is 32.0. The fourth-order valence-corrected chi connectivity index (χ4v) is 7.34. The molecule has 1 atom stereocenters. The van der Waals surface area contributed by atoms with Crippen molar-refractivity contribution in [1.29, 1.82) is 0 Å². The van der Waals surface area contributed by atoms with Crippen molar-refractivity contribution in [3.05, 3.63) is 18.0 Å². The Labute approximate surface area is 155 Å². The number of carbonyl (C=O) groups excluding carboxylic acids is 1. The standard InChI is InChI=1S/C18H28N4O3S/c1-19-17(23)16-6-10-22(20-16)15-3-2-9-21(12-15)26(24,25)13-18-7-4-14(11-18)5-8-18/h6,10,14-15H,2-5,7-9,11-13H2,1H3,(H,19,23)/t14?,15-,18?/m1/s1. The van der Waals surface area contributed by atoms with Crippen LogP contribution in [0.5, 0.6) is 0 Å². The van der Waals surface area contributed by atoms with Gasteiger partial charge in [-0.05, 0) is 62.3 Å². The van der Waals surface area contributed by atoms with Gasteiger partial charge >= 0.3 is 0 Å². The van der Waals surface area contributed by atoms with Crippen LogP contribution in [-0.4, -0.2) is 54.3 Å². The zero-order chi connectivity index (χ0) is 18.4. The van der Waals surface area contributed by atoms with Gasteiger partial charge in [-0.2, -0.15) is 9.40 Å². The van der Waals surface area contributed by atoms with Crippen LogP contribution in [0.1, 0.15) is 61.5 Å². The molecule has 4 rings (SSSR count). The third-order valence-electron chi connectivity index (χ3n) is 6.57. The number of amides is 1. The first-order chi connectivity index (χ1) is 12.4. The third-order valence-corrected chi connectivity index (χ3v) is 8.67. The summed E-state index contributed by atoms with van der Waals surface area (Å²) in [7, 11) is -1.68. The third kappa shape index (κ3) is 3.29. The summed E-state index contributed by atoms with van der Waals surface area (Å²) in [5.41, 5.74) is 0.406. The van der Waals surface area contributed by atoms with E-state index in [9.17, 15) is 13.2 Å². The Morgan fingerprint density at radius 3 is 2.77 bits per heavy atom. The number of sulfonamides is 1. The topological polar surface area (TPSA) is 84.3 Å². The SMILES string of the molecule is CNC(=O)c1ccn([C@@H]2CCCN(S(=O)(=O)CC34CCC(CC3)C4)C2)n1. The monoisotopic (exact) mass is 380 g/mol. The quantitative estimate of drug-likeness (QED) is 0.844. The van der Waals surface area contributed by atoms with E-state index in [1.807, 2.05) is 0 Å². The maximum atomic E-state index is 13.1. The summed E-state index contributed by atoms with van der Waals surface area (Å²) in [6.07, 6.45) is 9.14. The lowest BCUT2D eigenvalue weighted by Gasteiger charge is -2.35. The molecule has 26 heavy (non-hydrogen) atoms. The highest BCUT2D eigenvalue weighted by Crippen LogP contribution is 2.54. The van der Waals surface area contributed by atoms with Gasteiger partial charge in [0.25, 0.3) is 5.91 Å². The first-order valence-electron chi connectivity index (χ1n) is 9.66. The molecule has 0 unspecified atom stereocenters. The van der Waals surface area contributed by atoms with Crippen molar-refractivity contribution in [2.45, 2.75) is 51.0 Å². The highest BCUT2D eigenvalue weighted by molar-refractivity contribution is 7.89. The minimum Gasteiger partial charge on any atom is -0.354 e. The van der Waals surface area contributed by atoms with Crippen LogP contribution >= 0.6 is 0 Å². The lowest BCUT2D eigenvalue weighted by atomic mass is 9.87. The molecule has 144 valence electrons. The summed E-state index contributed by atoms with van der Waals surface area (Å²) in [5, 5.41) is 6.91. The van der Waals surface area contributed by atoms with Crippen LogP contribution in [0.4, 0.5) is 0 Å². The zero-order valence-corrected chi connectivity index (χ0v) is 16.2. The zero-order valence-electron chi connectivity index (χ0n) is 15.4. The van der Waals surface area contributed by atoms with Gasteiger partial charge in [-0.3, -0.25) is 9.48 Å². The maximum absolute atomic E-state index is 13.1.